The number of nitro benzene ring substituents is 1. The molecule has 0 amide bonds. The number of hydrogen-bond donors (Lipinski definition) is 2. The second-order valence-corrected chi connectivity index (χ2v) is 5.32. The molecule has 1 aromatic rings. The molecule has 98 valence electrons. The van der Waals surface area contributed by atoms with Gasteiger partial charge in [0.1, 0.15) is 0 Å². The van der Waals surface area contributed by atoms with Crippen molar-refractivity contribution >= 4 is 23.1 Å². The summed E-state index contributed by atoms with van der Waals surface area (Å²) < 4.78 is 0. The molecule has 0 atom stereocenters. The van der Waals surface area contributed by atoms with Crippen LogP contribution in [0, 0.1) is 10.1 Å². The molecule has 0 bridgehead atoms. The Morgan fingerprint density at radius 3 is 2.44 bits per heavy atom. The highest BCUT2D eigenvalue weighted by Gasteiger charge is 2.13. The van der Waals surface area contributed by atoms with Gasteiger partial charge in [-0.15, -0.1) is 11.6 Å². The standard InChI is InChI=1S/C11H14ClN3O3/c1-11(2,12)7-13-10(14-16)8-3-5-9(6-4-8)15(17)18/h3-6,16H,7H2,1-2H3,(H,13,14). The first kappa shape index (κ1) is 14.4. The molecule has 0 radical (unpaired) electrons. The van der Waals surface area contributed by atoms with Crippen molar-refractivity contribution in [3.05, 3.63) is 39.9 Å². The highest BCUT2D eigenvalue weighted by atomic mass is 35.5. The maximum absolute atomic E-state index is 10.5. The minimum atomic E-state index is -0.525. The van der Waals surface area contributed by atoms with Gasteiger partial charge < -0.3 is 0 Å². The zero-order valence-electron chi connectivity index (χ0n) is 10.1. The molecule has 0 aliphatic heterocycles. The smallest absolute Gasteiger partial charge is 0.269 e. The summed E-state index contributed by atoms with van der Waals surface area (Å²) in [4.78, 5) is 13.6. The van der Waals surface area contributed by atoms with E-state index in [1.54, 1.807) is 13.8 Å². The summed E-state index contributed by atoms with van der Waals surface area (Å²) in [5, 5.41) is 19.5. The van der Waals surface area contributed by atoms with Crippen molar-refractivity contribution in [3.63, 3.8) is 0 Å². The fourth-order valence-corrected chi connectivity index (χ4v) is 1.26. The van der Waals surface area contributed by atoms with Crippen molar-refractivity contribution in [2.75, 3.05) is 6.54 Å². The van der Waals surface area contributed by atoms with Crippen LogP contribution in [0.4, 0.5) is 5.69 Å². The second kappa shape index (κ2) is 5.79. The van der Waals surface area contributed by atoms with E-state index in [4.69, 9.17) is 16.8 Å². The van der Waals surface area contributed by atoms with Crippen LogP contribution in [0.25, 0.3) is 0 Å². The molecule has 0 heterocycles. The first-order valence-electron chi connectivity index (χ1n) is 5.22. The minimum absolute atomic E-state index is 0.0197. The largest absolute Gasteiger partial charge is 0.290 e. The summed E-state index contributed by atoms with van der Waals surface area (Å²) in [5.74, 6) is 0.221. The normalized spacial score (nSPS) is 12.3. The molecule has 0 aromatic heterocycles. The van der Waals surface area contributed by atoms with Crippen LogP contribution in [0.1, 0.15) is 19.4 Å². The first-order chi connectivity index (χ1) is 8.33. The van der Waals surface area contributed by atoms with Crippen LogP contribution < -0.4 is 5.48 Å². The molecule has 1 aromatic carbocycles. The van der Waals surface area contributed by atoms with Crippen molar-refractivity contribution in [1.82, 2.24) is 5.48 Å². The Balaban J connectivity index is 2.92. The number of rotatable bonds is 4. The summed E-state index contributed by atoms with van der Waals surface area (Å²) in [6.07, 6.45) is 0. The van der Waals surface area contributed by atoms with Gasteiger partial charge in [0.25, 0.3) is 5.69 Å². The van der Waals surface area contributed by atoms with Gasteiger partial charge in [0.2, 0.25) is 0 Å². The van der Waals surface area contributed by atoms with Crippen molar-refractivity contribution in [3.8, 4) is 0 Å². The van der Waals surface area contributed by atoms with Crippen LogP contribution in [-0.2, 0) is 0 Å². The zero-order valence-corrected chi connectivity index (χ0v) is 10.8. The summed E-state index contributed by atoms with van der Waals surface area (Å²) in [6, 6.07) is 5.69. The SMILES string of the molecule is CC(C)(Cl)CN=C(NO)c1ccc([N+](=O)[O-])cc1. The van der Waals surface area contributed by atoms with Crippen LogP contribution in [0.2, 0.25) is 0 Å². The molecule has 0 aliphatic rings. The predicted octanol–water partition coefficient (Wildman–Crippen LogP) is 2.34. The molecule has 0 aliphatic carbocycles. The Morgan fingerprint density at radius 2 is 2.06 bits per heavy atom. The number of nitrogens with one attached hydrogen (secondary N) is 1. The average Bonchev–Trinajstić information content (AvgIpc) is 2.29. The third-order valence-corrected chi connectivity index (χ3v) is 2.19. The van der Waals surface area contributed by atoms with E-state index in [2.05, 4.69) is 4.99 Å². The number of nitro groups is 1. The van der Waals surface area contributed by atoms with Gasteiger partial charge in [0.15, 0.2) is 5.84 Å². The van der Waals surface area contributed by atoms with Gasteiger partial charge in [-0.3, -0.25) is 25.8 Å². The van der Waals surface area contributed by atoms with Gasteiger partial charge in [0, 0.05) is 17.7 Å². The van der Waals surface area contributed by atoms with Crippen molar-refractivity contribution in [1.29, 1.82) is 0 Å². The topological polar surface area (TPSA) is 87.8 Å². The van der Waals surface area contributed by atoms with Crippen LogP contribution in [0.15, 0.2) is 29.3 Å². The quantitative estimate of drug-likeness (QED) is 0.289. The second-order valence-electron chi connectivity index (χ2n) is 4.30. The maximum Gasteiger partial charge on any atom is 0.269 e. The Morgan fingerprint density at radius 1 is 1.50 bits per heavy atom. The van der Waals surface area contributed by atoms with Crippen LogP contribution >= 0.6 is 11.6 Å². The lowest BCUT2D eigenvalue weighted by Gasteiger charge is -2.13. The summed E-state index contributed by atoms with van der Waals surface area (Å²) in [5.41, 5.74) is 2.49. The Kier molecular flexibility index (Phi) is 4.63. The molecule has 0 unspecified atom stereocenters. The van der Waals surface area contributed by atoms with E-state index in [0.29, 0.717) is 12.1 Å². The van der Waals surface area contributed by atoms with E-state index >= 15 is 0 Å². The van der Waals surface area contributed by atoms with Gasteiger partial charge in [-0.2, -0.15) is 0 Å². The van der Waals surface area contributed by atoms with Gasteiger partial charge in [-0.25, -0.2) is 0 Å². The molecule has 0 saturated heterocycles. The van der Waals surface area contributed by atoms with E-state index in [9.17, 15) is 10.1 Å². The minimum Gasteiger partial charge on any atom is -0.290 e. The number of aliphatic imine (C=N–C) groups is 1. The van der Waals surface area contributed by atoms with Gasteiger partial charge in [0.05, 0.1) is 16.3 Å². The first-order valence-corrected chi connectivity index (χ1v) is 5.59. The average molecular weight is 272 g/mol. The van der Waals surface area contributed by atoms with E-state index in [1.165, 1.54) is 24.3 Å². The van der Waals surface area contributed by atoms with Crippen molar-refractivity contribution < 1.29 is 10.1 Å². The number of hydroxylamine groups is 1. The van der Waals surface area contributed by atoms with E-state index in [-0.39, 0.29) is 11.5 Å². The fourth-order valence-electron chi connectivity index (χ4n) is 1.20. The zero-order chi connectivity index (χ0) is 13.8. The van der Waals surface area contributed by atoms with E-state index in [1.807, 2.05) is 5.48 Å². The van der Waals surface area contributed by atoms with Crippen molar-refractivity contribution in [2.45, 2.75) is 18.7 Å². The summed E-state index contributed by atoms with van der Waals surface area (Å²) in [7, 11) is 0. The molecular formula is C11H14ClN3O3. The van der Waals surface area contributed by atoms with Crippen molar-refractivity contribution in [2.24, 2.45) is 4.99 Å². The maximum atomic E-state index is 10.5. The molecule has 18 heavy (non-hydrogen) atoms. The number of hydrogen-bond acceptors (Lipinski definition) is 4. The van der Waals surface area contributed by atoms with Gasteiger partial charge in [-0.05, 0) is 26.0 Å². The van der Waals surface area contributed by atoms with Crippen LogP contribution in [0.3, 0.4) is 0 Å². The molecular weight excluding hydrogens is 258 g/mol. The fraction of sp³-hybridized carbons (Fsp3) is 0.364. The lowest BCUT2D eigenvalue weighted by atomic mass is 10.2. The molecule has 0 spiro atoms. The molecule has 2 N–H and O–H groups in total. The van der Waals surface area contributed by atoms with E-state index in [0.717, 1.165) is 0 Å². The number of amidine groups is 1. The molecule has 6 nitrogen and oxygen atoms in total. The highest BCUT2D eigenvalue weighted by molar-refractivity contribution is 6.23. The Hall–Kier alpha value is -1.66. The summed E-state index contributed by atoms with van der Waals surface area (Å²) >= 11 is 5.98. The third-order valence-electron chi connectivity index (χ3n) is 2.07. The van der Waals surface area contributed by atoms with Crippen LogP contribution in [0.5, 0.6) is 0 Å². The Bertz CT molecular complexity index is 452. The molecule has 7 heteroatoms. The number of halogens is 1. The number of benzene rings is 1. The van der Waals surface area contributed by atoms with Gasteiger partial charge >= 0.3 is 0 Å². The lowest BCUT2D eigenvalue weighted by Crippen LogP contribution is -2.24. The Labute approximate surface area is 109 Å². The monoisotopic (exact) mass is 271 g/mol. The molecule has 1 rings (SSSR count). The number of alkyl halides is 1. The molecule has 0 fully saturated rings. The predicted molar refractivity (Wildman–Crippen MR) is 69.4 cm³/mol. The number of nitrogens with zero attached hydrogens (tertiary/aromatic N) is 2. The number of non-ortho nitro benzene ring substituents is 1. The van der Waals surface area contributed by atoms with Gasteiger partial charge in [-0.1, -0.05) is 0 Å². The third kappa shape index (κ3) is 4.31. The van der Waals surface area contributed by atoms with Crippen LogP contribution in [-0.4, -0.2) is 27.4 Å². The molecule has 0 saturated carbocycles. The highest BCUT2D eigenvalue weighted by Crippen LogP contribution is 2.15. The summed E-state index contributed by atoms with van der Waals surface area (Å²) in [6.45, 7) is 3.89. The van der Waals surface area contributed by atoms with E-state index < -0.39 is 9.80 Å². The lowest BCUT2D eigenvalue weighted by molar-refractivity contribution is -0.384.